The van der Waals surface area contributed by atoms with Crippen molar-refractivity contribution in [3.63, 3.8) is 0 Å². The van der Waals surface area contributed by atoms with Gasteiger partial charge in [0.2, 0.25) is 0 Å². The summed E-state index contributed by atoms with van der Waals surface area (Å²) in [4.78, 5) is 18.5. The van der Waals surface area contributed by atoms with E-state index in [9.17, 15) is 23.1 Å². The van der Waals surface area contributed by atoms with Crippen LogP contribution in [-0.4, -0.2) is 25.8 Å². The third kappa shape index (κ3) is 5.87. The average molecular weight is 557 g/mol. The fourth-order valence-corrected chi connectivity index (χ4v) is 4.17. The average Bonchev–Trinajstić information content (AvgIpc) is 3.44. The predicted octanol–water partition coefficient (Wildman–Crippen LogP) is 7.84. The number of para-hydroxylation sites is 1. The number of carboxylic acids is 1. The van der Waals surface area contributed by atoms with Gasteiger partial charge in [0.15, 0.2) is 11.5 Å². The molecular weight excluding hydrogens is 537 g/mol. The Labute approximate surface area is 230 Å². The largest absolute Gasteiger partial charge is 0.488 e. The lowest BCUT2D eigenvalue weighted by Gasteiger charge is -2.14. The van der Waals surface area contributed by atoms with E-state index in [2.05, 4.69) is 20.1 Å². The number of carboxylic acid groups (broad SMARTS) is 1. The molecule has 0 bridgehead atoms. The second-order valence-corrected chi connectivity index (χ2v) is 8.72. The number of pyridine rings is 1. The SMILES string of the molecule is [N-]=[N+]=Nc1ccc(-c2ccc(COc3ccccc3-c3cccc(-n4ncc(C(=O)O)c4C(F)(F)F)n3)cc2)cc1. The Kier molecular flexibility index (Phi) is 7.40. The van der Waals surface area contributed by atoms with Crippen molar-refractivity contribution in [3.8, 4) is 34.0 Å². The minimum absolute atomic E-state index is 0.194. The zero-order valence-electron chi connectivity index (χ0n) is 21.0. The molecule has 0 fully saturated rings. The maximum absolute atomic E-state index is 13.7. The molecule has 0 spiro atoms. The van der Waals surface area contributed by atoms with Gasteiger partial charge in [0.05, 0.1) is 11.9 Å². The number of benzene rings is 3. The minimum Gasteiger partial charge on any atom is -0.488 e. The molecule has 2 heterocycles. The topological polar surface area (TPSA) is 126 Å². The molecule has 9 nitrogen and oxygen atoms in total. The Morgan fingerprint density at radius 1 is 0.951 bits per heavy atom. The summed E-state index contributed by atoms with van der Waals surface area (Å²) in [5.74, 6) is -1.48. The summed E-state index contributed by atoms with van der Waals surface area (Å²) in [6, 6.07) is 26.3. The van der Waals surface area contributed by atoms with Crippen molar-refractivity contribution < 1.29 is 27.8 Å². The van der Waals surface area contributed by atoms with Gasteiger partial charge in [-0.05, 0) is 46.5 Å². The predicted molar refractivity (Wildman–Crippen MR) is 144 cm³/mol. The van der Waals surface area contributed by atoms with Gasteiger partial charge in [-0.25, -0.2) is 14.5 Å². The van der Waals surface area contributed by atoms with E-state index < -0.39 is 23.4 Å². The first kappa shape index (κ1) is 27.0. The fourth-order valence-electron chi connectivity index (χ4n) is 4.17. The number of rotatable bonds is 8. The van der Waals surface area contributed by atoms with Crippen molar-refractivity contribution >= 4 is 11.7 Å². The summed E-state index contributed by atoms with van der Waals surface area (Å²) in [6.45, 7) is 0.214. The lowest BCUT2D eigenvalue weighted by Crippen LogP contribution is -2.18. The summed E-state index contributed by atoms with van der Waals surface area (Å²) in [5, 5.41) is 16.4. The monoisotopic (exact) mass is 556 g/mol. The van der Waals surface area contributed by atoms with Crippen LogP contribution >= 0.6 is 0 Å². The van der Waals surface area contributed by atoms with Crippen molar-refractivity contribution in [3.05, 3.63) is 124 Å². The number of hydrogen-bond donors (Lipinski definition) is 1. The second kappa shape index (κ2) is 11.2. The molecule has 2 aromatic heterocycles. The van der Waals surface area contributed by atoms with E-state index in [-0.39, 0.29) is 12.4 Å². The molecule has 0 radical (unpaired) electrons. The Morgan fingerprint density at radius 3 is 2.29 bits per heavy atom. The van der Waals surface area contributed by atoms with Crippen molar-refractivity contribution in [2.75, 3.05) is 0 Å². The normalized spacial score (nSPS) is 11.1. The van der Waals surface area contributed by atoms with Crippen molar-refractivity contribution in [2.24, 2.45) is 5.11 Å². The van der Waals surface area contributed by atoms with Crippen LogP contribution in [0.25, 0.3) is 38.6 Å². The molecule has 41 heavy (non-hydrogen) atoms. The van der Waals surface area contributed by atoms with Crippen LogP contribution in [-0.2, 0) is 12.8 Å². The zero-order valence-corrected chi connectivity index (χ0v) is 21.0. The molecule has 0 aliphatic rings. The fraction of sp³-hybridized carbons (Fsp3) is 0.0690. The molecule has 5 rings (SSSR count). The van der Waals surface area contributed by atoms with Crippen LogP contribution in [0.15, 0.2) is 102 Å². The molecular formula is C29H19F3N6O3. The zero-order chi connectivity index (χ0) is 29.0. The van der Waals surface area contributed by atoms with Gasteiger partial charge in [0.25, 0.3) is 0 Å². The molecule has 1 N–H and O–H groups in total. The lowest BCUT2D eigenvalue weighted by molar-refractivity contribution is -0.143. The van der Waals surface area contributed by atoms with Gasteiger partial charge in [-0.1, -0.05) is 71.8 Å². The van der Waals surface area contributed by atoms with Crippen LogP contribution in [0.1, 0.15) is 21.6 Å². The Balaban J connectivity index is 1.38. The highest BCUT2D eigenvalue weighted by atomic mass is 19.4. The van der Waals surface area contributed by atoms with E-state index >= 15 is 0 Å². The maximum Gasteiger partial charge on any atom is 0.434 e. The standard InChI is InChI=1S/C29H19F3N6O3/c30-29(31,32)27-23(28(39)40)16-34-38(27)26-7-3-5-24(35-26)22-4-1-2-6-25(22)41-17-18-8-10-19(11-9-18)20-12-14-21(15-13-20)36-37-33/h1-16H,17H2,(H,39,40). The van der Waals surface area contributed by atoms with Gasteiger partial charge in [-0.2, -0.15) is 18.3 Å². The van der Waals surface area contributed by atoms with E-state index in [1.807, 2.05) is 36.4 Å². The number of ether oxygens (including phenoxy) is 1. The highest BCUT2D eigenvalue weighted by Crippen LogP contribution is 2.35. The Morgan fingerprint density at radius 2 is 1.63 bits per heavy atom. The van der Waals surface area contributed by atoms with Gasteiger partial charge in [-0.3, -0.25) is 0 Å². The lowest BCUT2D eigenvalue weighted by atomic mass is 10.0. The number of aromatic carboxylic acids is 1. The van der Waals surface area contributed by atoms with Gasteiger partial charge < -0.3 is 9.84 Å². The van der Waals surface area contributed by atoms with Crippen LogP contribution < -0.4 is 4.74 Å². The van der Waals surface area contributed by atoms with Gasteiger partial charge >= 0.3 is 12.1 Å². The van der Waals surface area contributed by atoms with Gasteiger partial charge in [-0.15, -0.1) is 0 Å². The molecule has 0 saturated carbocycles. The first-order valence-electron chi connectivity index (χ1n) is 12.1. The maximum atomic E-state index is 13.7. The third-order valence-electron chi connectivity index (χ3n) is 6.09. The molecule has 0 unspecified atom stereocenters. The van der Waals surface area contributed by atoms with Crippen LogP contribution in [0.4, 0.5) is 18.9 Å². The van der Waals surface area contributed by atoms with Crippen molar-refractivity contribution in [1.29, 1.82) is 0 Å². The van der Waals surface area contributed by atoms with E-state index in [0.29, 0.717) is 33.6 Å². The first-order chi connectivity index (χ1) is 19.7. The Bertz CT molecular complexity index is 1760. The second-order valence-electron chi connectivity index (χ2n) is 8.72. The smallest absolute Gasteiger partial charge is 0.434 e. The van der Waals surface area contributed by atoms with Crippen LogP contribution in [0.2, 0.25) is 0 Å². The van der Waals surface area contributed by atoms with Crippen LogP contribution in [0.3, 0.4) is 0 Å². The molecule has 0 aliphatic carbocycles. The number of alkyl halides is 3. The van der Waals surface area contributed by atoms with Crippen molar-refractivity contribution in [1.82, 2.24) is 14.8 Å². The number of carbonyl (C=O) groups is 1. The summed E-state index contributed by atoms with van der Waals surface area (Å²) >= 11 is 0. The highest BCUT2D eigenvalue weighted by Gasteiger charge is 2.41. The number of nitrogens with zero attached hydrogens (tertiary/aromatic N) is 6. The Hall–Kier alpha value is -5.61. The molecule has 0 saturated heterocycles. The summed E-state index contributed by atoms with van der Waals surface area (Å²) < 4.78 is 47.7. The quantitative estimate of drug-likeness (QED) is 0.118. The molecule has 204 valence electrons. The third-order valence-corrected chi connectivity index (χ3v) is 6.09. The van der Waals surface area contributed by atoms with Gasteiger partial charge in [0, 0.05) is 16.2 Å². The first-order valence-corrected chi connectivity index (χ1v) is 12.1. The number of halogens is 3. The molecule has 12 heteroatoms. The number of aromatic nitrogens is 3. The van der Waals surface area contributed by atoms with Gasteiger partial charge in [0.1, 0.15) is 17.9 Å². The molecule has 0 aliphatic heterocycles. The number of azide groups is 1. The summed E-state index contributed by atoms with van der Waals surface area (Å²) in [7, 11) is 0. The summed E-state index contributed by atoms with van der Waals surface area (Å²) in [5.41, 5.74) is 10.3. The molecule has 0 amide bonds. The van der Waals surface area contributed by atoms with Crippen LogP contribution in [0.5, 0.6) is 5.75 Å². The summed E-state index contributed by atoms with van der Waals surface area (Å²) in [6.07, 6.45) is -4.31. The molecule has 5 aromatic rings. The molecule has 3 aromatic carbocycles. The highest BCUT2D eigenvalue weighted by molar-refractivity contribution is 5.89. The molecule has 0 atom stereocenters. The van der Waals surface area contributed by atoms with E-state index in [1.165, 1.54) is 12.1 Å². The van der Waals surface area contributed by atoms with E-state index in [0.717, 1.165) is 16.7 Å². The van der Waals surface area contributed by atoms with Crippen molar-refractivity contribution in [2.45, 2.75) is 12.8 Å². The van der Waals surface area contributed by atoms with Crippen LogP contribution in [0, 0.1) is 0 Å². The van der Waals surface area contributed by atoms with E-state index in [1.54, 1.807) is 42.5 Å². The number of hydrogen-bond acceptors (Lipinski definition) is 5. The minimum atomic E-state index is -4.96. The van der Waals surface area contributed by atoms with E-state index in [4.69, 9.17) is 10.3 Å².